The molecule has 1 fully saturated rings. The van der Waals surface area contributed by atoms with Crippen LogP contribution in [0.4, 0.5) is 10.2 Å². The largest absolute Gasteiger partial charge is 0.386 e. The van der Waals surface area contributed by atoms with Gasteiger partial charge in [-0.25, -0.2) is 14.4 Å². The average molecular weight is 435 g/mol. The summed E-state index contributed by atoms with van der Waals surface area (Å²) in [7, 11) is 0. The highest BCUT2D eigenvalue weighted by Crippen LogP contribution is 2.38. The first-order chi connectivity index (χ1) is 15.2. The highest BCUT2D eigenvalue weighted by Gasteiger charge is 2.26. The van der Waals surface area contributed by atoms with Crippen molar-refractivity contribution >= 4 is 22.6 Å². The molecule has 6 nitrogen and oxygen atoms in total. The lowest BCUT2D eigenvalue weighted by molar-refractivity contribution is -0.126. The molecule has 4 rings (SSSR count). The molecule has 1 saturated heterocycles. The Kier molecular flexibility index (Phi) is 5.69. The first kappa shape index (κ1) is 21.9. The van der Waals surface area contributed by atoms with Crippen molar-refractivity contribution in [1.82, 2.24) is 14.9 Å². The Morgan fingerprint density at radius 1 is 1.19 bits per heavy atom. The van der Waals surface area contributed by atoms with Crippen LogP contribution in [0.25, 0.3) is 22.0 Å². The summed E-state index contributed by atoms with van der Waals surface area (Å²) in [4.78, 5) is 24.4. The summed E-state index contributed by atoms with van der Waals surface area (Å²) in [6, 6.07) is 9.22. The predicted octanol–water partition coefficient (Wildman–Crippen LogP) is 3.81. The number of aromatic nitrogens is 2. The van der Waals surface area contributed by atoms with E-state index in [1.54, 1.807) is 18.7 Å². The molecule has 1 aliphatic rings. The molecule has 0 radical (unpaired) electrons. The second kappa shape index (κ2) is 8.31. The van der Waals surface area contributed by atoms with Gasteiger partial charge in [-0.1, -0.05) is 30.8 Å². The van der Waals surface area contributed by atoms with Gasteiger partial charge in [-0.3, -0.25) is 4.79 Å². The molecule has 0 atom stereocenters. The molecule has 0 unspecified atom stereocenters. The molecule has 1 N–H and O–H groups in total. The third kappa shape index (κ3) is 3.84. The van der Waals surface area contributed by atoms with Gasteiger partial charge in [-0.2, -0.15) is 0 Å². The number of anilines is 1. The fourth-order valence-electron chi connectivity index (χ4n) is 4.36. The average Bonchev–Trinajstić information content (AvgIpc) is 2.78. The Morgan fingerprint density at radius 3 is 2.53 bits per heavy atom. The molecule has 2 aromatic carbocycles. The third-order valence-corrected chi connectivity index (χ3v) is 5.97. The van der Waals surface area contributed by atoms with Gasteiger partial charge in [0.15, 0.2) is 5.82 Å². The summed E-state index contributed by atoms with van der Waals surface area (Å²) in [6.45, 7) is 11.1. The molecule has 32 heavy (non-hydrogen) atoms. The van der Waals surface area contributed by atoms with Crippen LogP contribution in [0.5, 0.6) is 0 Å². The topological polar surface area (TPSA) is 69.6 Å². The first-order valence-corrected chi connectivity index (χ1v) is 10.6. The summed E-state index contributed by atoms with van der Waals surface area (Å²) >= 11 is 0. The van der Waals surface area contributed by atoms with E-state index in [9.17, 15) is 9.90 Å². The van der Waals surface area contributed by atoms with E-state index in [-0.39, 0.29) is 11.4 Å². The maximum Gasteiger partial charge on any atom is 0.246 e. The Morgan fingerprint density at radius 2 is 1.88 bits per heavy atom. The Bertz CT molecular complexity index is 1190. The lowest BCUT2D eigenvalue weighted by Crippen LogP contribution is -2.48. The van der Waals surface area contributed by atoms with Crippen molar-refractivity contribution in [2.24, 2.45) is 0 Å². The fourth-order valence-corrected chi connectivity index (χ4v) is 4.36. The van der Waals surface area contributed by atoms with Crippen LogP contribution >= 0.6 is 0 Å². The smallest absolute Gasteiger partial charge is 0.246 e. The standard InChI is InChI=1S/C25H27FN4O2/c1-5-20(31)29-10-12-30(13-11-29)24-18-14-16(2)21(22(26)23(18)27-15-28-24)17-8-6-7-9-19(17)25(3,4)32/h5-9,14-15,32H,1,10-13H2,2-4H3. The van der Waals surface area contributed by atoms with Crippen molar-refractivity contribution in [3.05, 3.63) is 66.3 Å². The zero-order valence-corrected chi connectivity index (χ0v) is 18.6. The number of rotatable bonds is 4. The highest BCUT2D eigenvalue weighted by molar-refractivity contribution is 5.95. The van der Waals surface area contributed by atoms with Gasteiger partial charge in [-0.05, 0) is 49.6 Å². The normalized spacial score (nSPS) is 14.7. The van der Waals surface area contributed by atoms with E-state index < -0.39 is 11.4 Å². The van der Waals surface area contributed by atoms with Crippen LogP contribution in [0.15, 0.2) is 49.3 Å². The van der Waals surface area contributed by atoms with E-state index in [0.29, 0.717) is 54.1 Å². The summed E-state index contributed by atoms with van der Waals surface area (Å²) in [5.41, 5.74) is 1.59. The van der Waals surface area contributed by atoms with E-state index in [0.717, 1.165) is 5.56 Å². The maximum atomic E-state index is 15.9. The Labute approximate surface area is 187 Å². The quantitative estimate of drug-likeness (QED) is 0.633. The molecule has 0 spiro atoms. The van der Waals surface area contributed by atoms with Crippen molar-refractivity contribution in [3.63, 3.8) is 0 Å². The molecule has 1 aromatic heterocycles. The van der Waals surface area contributed by atoms with Gasteiger partial charge in [0.05, 0.1) is 5.60 Å². The monoisotopic (exact) mass is 434 g/mol. The van der Waals surface area contributed by atoms with Crippen molar-refractivity contribution in [2.45, 2.75) is 26.4 Å². The zero-order valence-electron chi connectivity index (χ0n) is 18.6. The molecule has 166 valence electrons. The number of carbonyl (C=O) groups is 1. The number of piperazine rings is 1. The zero-order chi connectivity index (χ0) is 23.0. The van der Waals surface area contributed by atoms with Crippen molar-refractivity contribution in [3.8, 4) is 11.1 Å². The third-order valence-electron chi connectivity index (χ3n) is 5.97. The summed E-state index contributed by atoms with van der Waals surface area (Å²) in [6.07, 6.45) is 2.70. The molecular formula is C25H27FN4O2. The van der Waals surface area contributed by atoms with Crippen LogP contribution in [0, 0.1) is 12.7 Å². The number of fused-ring (bicyclic) bond motifs is 1. The van der Waals surface area contributed by atoms with Crippen LogP contribution in [0.1, 0.15) is 25.0 Å². The number of hydrogen-bond acceptors (Lipinski definition) is 5. The molecule has 3 aromatic rings. The van der Waals surface area contributed by atoms with Crippen LogP contribution in [0.3, 0.4) is 0 Å². The summed E-state index contributed by atoms with van der Waals surface area (Å²) in [5, 5.41) is 11.3. The summed E-state index contributed by atoms with van der Waals surface area (Å²) < 4.78 is 15.9. The molecule has 0 saturated carbocycles. The van der Waals surface area contributed by atoms with Gasteiger partial charge in [0.25, 0.3) is 0 Å². The van der Waals surface area contributed by atoms with Gasteiger partial charge in [-0.15, -0.1) is 0 Å². The Balaban J connectivity index is 1.80. The van der Waals surface area contributed by atoms with Gasteiger partial charge in [0.1, 0.15) is 17.7 Å². The van der Waals surface area contributed by atoms with E-state index in [4.69, 9.17) is 0 Å². The highest BCUT2D eigenvalue weighted by atomic mass is 19.1. The number of nitrogens with zero attached hydrogens (tertiary/aromatic N) is 4. The number of aliphatic hydroxyl groups is 1. The van der Waals surface area contributed by atoms with Crippen LogP contribution in [0.2, 0.25) is 0 Å². The maximum absolute atomic E-state index is 15.9. The number of halogens is 1. The SMILES string of the molecule is C=CC(=O)N1CCN(c2ncnc3c(F)c(-c4ccccc4C(C)(C)O)c(C)cc23)CC1. The van der Waals surface area contributed by atoms with E-state index in [1.807, 2.05) is 37.3 Å². The lowest BCUT2D eigenvalue weighted by Gasteiger charge is -2.35. The molecule has 1 amide bonds. The minimum atomic E-state index is -1.12. The molecular weight excluding hydrogens is 407 g/mol. The van der Waals surface area contributed by atoms with Gasteiger partial charge >= 0.3 is 0 Å². The van der Waals surface area contributed by atoms with E-state index in [2.05, 4.69) is 21.4 Å². The predicted molar refractivity (Wildman–Crippen MR) is 124 cm³/mol. The second-order valence-corrected chi connectivity index (χ2v) is 8.60. The molecule has 1 aliphatic heterocycles. The van der Waals surface area contributed by atoms with E-state index in [1.165, 1.54) is 12.4 Å². The van der Waals surface area contributed by atoms with Crippen LogP contribution < -0.4 is 4.90 Å². The van der Waals surface area contributed by atoms with Gasteiger partial charge in [0, 0.05) is 37.1 Å². The number of aryl methyl sites for hydroxylation is 1. The minimum absolute atomic E-state index is 0.0887. The van der Waals surface area contributed by atoms with Crippen LogP contribution in [-0.2, 0) is 10.4 Å². The molecule has 7 heteroatoms. The van der Waals surface area contributed by atoms with Gasteiger partial charge in [0.2, 0.25) is 5.91 Å². The second-order valence-electron chi connectivity index (χ2n) is 8.60. The number of benzene rings is 2. The Hall–Kier alpha value is -3.32. The fraction of sp³-hybridized carbons (Fsp3) is 0.320. The molecule has 0 bridgehead atoms. The number of hydrogen-bond donors (Lipinski definition) is 1. The number of carbonyl (C=O) groups excluding carboxylic acids is 1. The van der Waals surface area contributed by atoms with Gasteiger partial charge < -0.3 is 14.9 Å². The number of amides is 1. The van der Waals surface area contributed by atoms with Crippen molar-refractivity contribution < 1.29 is 14.3 Å². The van der Waals surface area contributed by atoms with E-state index >= 15 is 4.39 Å². The minimum Gasteiger partial charge on any atom is -0.386 e. The lowest BCUT2D eigenvalue weighted by atomic mass is 9.87. The molecule has 2 heterocycles. The molecule has 0 aliphatic carbocycles. The van der Waals surface area contributed by atoms with Crippen molar-refractivity contribution in [2.75, 3.05) is 31.1 Å². The van der Waals surface area contributed by atoms with Crippen LogP contribution in [-0.4, -0.2) is 52.1 Å². The first-order valence-electron chi connectivity index (χ1n) is 10.6. The summed E-state index contributed by atoms with van der Waals surface area (Å²) in [5.74, 6) is 0.139. The van der Waals surface area contributed by atoms with Crippen molar-refractivity contribution in [1.29, 1.82) is 0 Å².